The molecule has 14 nitrogen and oxygen atoms in total. The van der Waals surface area contributed by atoms with Crippen molar-refractivity contribution >= 4 is 35.4 Å². The number of nitrogens with zero attached hydrogens (tertiary/aromatic N) is 10. The Balaban J connectivity index is 0.000000211. The fraction of sp³-hybridized carbons (Fsp3) is 0.462. The summed E-state index contributed by atoms with van der Waals surface area (Å²) in [5.74, 6) is 2.21. The lowest BCUT2D eigenvalue weighted by atomic mass is 9.72. The number of piperidine rings is 1. The molecule has 3 heterocycles. The van der Waals surface area contributed by atoms with E-state index in [-0.39, 0.29) is 17.7 Å². The highest BCUT2D eigenvalue weighted by Gasteiger charge is 2.44. The van der Waals surface area contributed by atoms with Crippen LogP contribution in [0.3, 0.4) is 0 Å². The summed E-state index contributed by atoms with van der Waals surface area (Å²) in [5, 5.41) is 26.9. The molecule has 2 amide bonds. The van der Waals surface area contributed by atoms with Gasteiger partial charge in [-0.25, -0.2) is 9.59 Å². The largest absolute Gasteiger partial charge is 0.444 e. The van der Waals surface area contributed by atoms with Gasteiger partial charge in [0.2, 0.25) is 0 Å². The second kappa shape index (κ2) is 23.4. The third-order valence-corrected chi connectivity index (χ3v) is 11.8. The quantitative estimate of drug-likeness (QED) is 0.109. The average molecular weight is 968 g/mol. The van der Waals surface area contributed by atoms with Gasteiger partial charge in [0.15, 0.2) is 11.6 Å². The van der Waals surface area contributed by atoms with Gasteiger partial charge in [0, 0.05) is 44.4 Å². The van der Waals surface area contributed by atoms with Gasteiger partial charge in [-0.2, -0.15) is 9.59 Å². The fourth-order valence-electron chi connectivity index (χ4n) is 7.52. The van der Waals surface area contributed by atoms with Crippen LogP contribution in [0.2, 0.25) is 0 Å². The van der Waals surface area contributed by atoms with Gasteiger partial charge in [-0.15, -0.1) is 43.6 Å². The molecule has 1 aliphatic rings. The molecule has 1 aliphatic heterocycles. The molecule has 68 heavy (non-hydrogen) atoms. The van der Waals surface area contributed by atoms with E-state index in [1.165, 1.54) is 10.5 Å². The molecule has 0 atom stereocenters. The molecular formula is C52H68Cl2N10O4. The summed E-state index contributed by atoms with van der Waals surface area (Å²) in [7, 11) is 0. The molecule has 0 bridgehead atoms. The van der Waals surface area contributed by atoms with Crippen molar-refractivity contribution in [1.82, 2.24) is 50.2 Å². The lowest BCUT2D eigenvalue weighted by molar-refractivity contribution is 0.0175. The van der Waals surface area contributed by atoms with Gasteiger partial charge in [0.25, 0.3) is 0 Å². The Morgan fingerprint density at radius 2 is 1.04 bits per heavy atom. The molecule has 1 fully saturated rings. The van der Waals surface area contributed by atoms with Crippen molar-refractivity contribution in [3.05, 3.63) is 155 Å². The van der Waals surface area contributed by atoms with Crippen molar-refractivity contribution in [2.45, 2.75) is 116 Å². The van der Waals surface area contributed by atoms with Crippen molar-refractivity contribution in [3.63, 3.8) is 0 Å². The highest BCUT2D eigenvalue weighted by Crippen LogP contribution is 2.40. The van der Waals surface area contributed by atoms with E-state index in [1.807, 2.05) is 114 Å². The number of carbonyl (C=O) groups is 2. The van der Waals surface area contributed by atoms with Crippen LogP contribution in [-0.2, 0) is 32.4 Å². The first-order valence-corrected chi connectivity index (χ1v) is 24.1. The number of halogens is 2. The molecule has 16 heteroatoms. The molecule has 0 unspecified atom stereocenters. The predicted molar refractivity (Wildman–Crippen MR) is 268 cm³/mol. The highest BCUT2D eigenvalue weighted by molar-refractivity contribution is 6.18. The van der Waals surface area contributed by atoms with Crippen molar-refractivity contribution < 1.29 is 19.1 Å². The summed E-state index contributed by atoms with van der Waals surface area (Å²) < 4.78 is 10.8. The van der Waals surface area contributed by atoms with Crippen LogP contribution in [0.25, 0.3) is 0 Å². The normalized spacial score (nSPS) is 13.9. The molecule has 0 spiro atoms. The van der Waals surface area contributed by atoms with E-state index in [1.54, 1.807) is 14.5 Å². The second-order valence-corrected chi connectivity index (χ2v) is 20.4. The van der Waals surface area contributed by atoms with Crippen LogP contribution < -0.4 is 0 Å². The molecule has 364 valence electrons. The summed E-state index contributed by atoms with van der Waals surface area (Å²) in [6.45, 7) is 21.6. The Labute approximate surface area is 412 Å². The van der Waals surface area contributed by atoms with E-state index in [4.69, 9.17) is 37.8 Å². The average Bonchev–Trinajstić information content (AvgIpc) is 4.02. The summed E-state index contributed by atoms with van der Waals surface area (Å²) >= 11 is 11.1. The zero-order valence-electron chi connectivity index (χ0n) is 41.3. The van der Waals surface area contributed by atoms with Gasteiger partial charge in [0.05, 0.1) is 5.41 Å². The van der Waals surface area contributed by atoms with Gasteiger partial charge in [0.1, 0.15) is 22.3 Å². The number of benzene rings is 4. The molecule has 4 aromatic carbocycles. The minimum absolute atomic E-state index is 0.272. The SMILES string of the molecule is CC(C)(C)OC(=O)N(CCCl)CCCl.CC(C)(C)OC(=O)N1CCC(c2ccccc2)(c2nnn(C(C)(C)c3ccccc3)n2)CC1.CC(C)(c1ccccc1)n1nnc(Cc2ccccc2)n1. The van der Waals surface area contributed by atoms with Crippen LogP contribution in [0.5, 0.6) is 0 Å². The second-order valence-electron chi connectivity index (χ2n) is 19.7. The number of alkyl halides is 2. The van der Waals surface area contributed by atoms with Gasteiger partial charge in [-0.05, 0) is 115 Å². The van der Waals surface area contributed by atoms with E-state index in [2.05, 4.69) is 102 Å². The molecule has 0 N–H and O–H groups in total. The maximum Gasteiger partial charge on any atom is 0.410 e. The summed E-state index contributed by atoms with van der Waals surface area (Å²) in [5.41, 5.74) is 2.44. The van der Waals surface area contributed by atoms with Crippen molar-refractivity contribution in [3.8, 4) is 0 Å². The standard InChI is InChI=1S/C26H33N5O2.C17H18N4.C9H17Cl2NO2/c1-24(2,3)33-23(32)30-18-16-26(17-19-30,21-14-10-7-11-15-21)22-27-29-31(28-22)25(4,5)20-12-8-6-9-13-20;1-17(2,15-11-7-4-8-12-15)21-19-16(18-20-21)13-14-9-5-3-6-10-14;1-9(2,3)14-8(13)12(6-4-10)7-5-11/h6-15H,16-19H2,1-5H3;3-12H,13H2,1-2H3;4-7H2,1-3H3. The van der Waals surface area contributed by atoms with E-state index in [0.29, 0.717) is 63.0 Å². The minimum atomic E-state index is -0.516. The van der Waals surface area contributed by atoms with Crippen LogP contribution in [0.4, 0.5) is 9.59 Å². The van der Waals surface area contributed by atoms with E-state index in [0.717, 1.165) is 22.5 Å². The van der Waals surface area contributed by atoms with Crippen LogP contribution in [0.1, 0.15) is 116 Å². The first-order chi connectivity index (χ1) is 32.2. The number of rotatable bonds is 12. The van der Waals surface area contributed by atoms with Crippen LogP contribution in [0.15, 0.2) is 121 Å². The van der Waals surface area contributed by atoms with Crippen LogP contribution in [-0.4, -0.2) is 112 Å². The molecule has 0 saturated carbocycles. The zero-order chi connectivity index (χ0) is 49.6. The number of likely N-dealkylation sites (tertiary alicyclic amines) is 1. The molecule has 1 saturated heterocycles. The van der Waals surface area contributed by atoms with Crippen LogP contribution >= 0.6 is 23.2 Å². The van der Waals surface area contributed by atoms with Crippen molar-refractivity contribution in [2.75, 3.05) is 37.9 Å². The number of hydrogen-bond acceptors (Lipinski definition) is 10. The van der Waals surface area contributed by atoms with E-state index in [9.17, 15) is 9.59 Å². The maximum absolute atomic E-state index is 12.6. The number of tetrazole rings is 2. The Kier molecular flexibility index (Phi) is 18.3. The highest BCUT2D eigenvalue weighted by atomic mass is 35.5. The number of aromatic nitrogens is 8. The molecule has 6 aromatic rings. The number of amides is 2. The maximum atomic E-state index is 12.6. The van der Waals surface area contributed by atoms with E-state index < -0.39 is 22.2 Å². The first-order valence-electron chi connectivity index (χ1n) is 23.1. The number of hydrogen-bond donors (Lipinski definition) is 0. The van der Waals surface area contributed by atoms with Gasteiger partial charge >= 0.3 is 12.2 Å². The van der Waals surface area contributed by atoms with Crippen molar-refractivity contribution in [1.29, 1.82) is 0 Å². The number of ether oxygens (including phenoxy) is 2. The minimum Gasteiger partial charge on any atom is -0.444 e. The first kappa shape index (κ1) is 53.1. The lowest BCUT2D eigenvalue weighted by Crippen LogP contribution is -2.47. The molecule has 7 rings (SSSR count). The Hall–Kier alpha value is -5.86. The Morgan fingerprint density at radius 3 is 1.51 bits per heavy atom. The van der Waals surface area contributed by atoms with Gasteiger partial charge in [-0.3, -0.25) is 0 Å². The fourth-order valence-corrected chi connectivity index (χ4v) is 7.92. The zero-order valence-corrected chi connectivity index (χ0v) is 42.8. The lowest BCUT2D eigenvalue weighted by Gasteiger charge is -2.40. The van der Waals surface area contributed by atoms with Gasteiger partial charge in [-0.1, -0.05) is 121 Å². The monoisotopic (exact) mass is 966 g/mol. The Bertz CT molecular complexity index is 2440. The molecular weight excluding hydrogens is 900 g/mol. The molecule has 2 aromatic heterocycles. The van der Waals surface area contributed by atoms with Crippen molar-refractivity contribution in [2.24, 2.45) is 0 Å². The summed E-state index contributed by atoms with van der Waals surface area (Å²) in [6, 6.07) is 40.9. The van der Waals surface area contributed by atoms with Crippen LogP contribution in [0, 0.1) is 0 Å². The third-order valence-electron chi connectivity index (χ3n) is 11.4. The number of carbonyl (C=O) groups excluding carboxylic acids is 2. The Morgan fingerprint density at radius 1 is 0.603 bits per heavy atom. The van der Waals surface area contributed by atoms with Gasteiger partial charge < -0.3 is 19.3 Å². The smallest absolute Gasteiger partial charge is 0.410 e. The van der Waals surface area contributed by atoms with E-state index >= 15 is 0 Å². The summed E-state index contributed by atoms with van der Waals surface area (Å²) in [6.07, 6.45) is 1.47. The topological polar surface area (TPSA) is 146 Å². The third kappa shape index (κ3) is 14.6. The summed E-state index contributed by atoms with van der Waals surface area (Å²) in [4.78, 5) is 30.9. The predicted octanol–water partition coefficient (Wildman–Crippen LogP) is 10.5. The molecule has 0 aliphatic carbocycles. The molecule has 0 radical (unpaired) electrons.